The summed E-state index contributed by atoms with van der Waals surface area (Å²) in [5.41, 5.74) is 1.34. The molecule has 0 atom stereocenters. The molecule has 0 bridgehead atoms. The third-order valence-corrected chi connectivity index (χ3v) is 4.56. The lowest BCUT2D eigenvalue weighted by Gasteiger charge is -2.14. The van der Waals surface area contributed by atoms with Gasteiger partial charge in [-0.25, -0.2) is 4.79 Å². The topological polar surface area (TPSA) is 48.4 Å². The highest BCUT2D eigenvalue weighted by Crippen LogP contribution is 2.35. The van der Waals surface area contributed by atoms with Crippen LogP contribution in [-0.4, -0.2) is 24.7 Å². The number of halogens is 1. The zero-order chi connectivity index (χ0) is 15.9. The molecule has 0 saturated carbocycles. The van der Waals surface area contributed by atoms with E-state index in [1.807, 2.05) is 24.3 Å². The fourth-order valence-corrected chi connectivity index (χ4v) is 3.30. The normalized spacial score (nSPS) is 10.3. The van der Waals surface area contributed by atoms with Gasteiger partial charge in [0.1, 0.15) is 11.3 Å². The Bertz CT molecular complexity index is 649. The smallest absolute Gasteiger partial charge is 0.342 e. The monoisotopic (exact) mass is 381 g/mol. The van der Waals surface area contributed by atoms with E-state index >= 15 is 0 Å². The lowest BCUT2D eigenvalue weighted by molar-refractivity contribution is 0.0521. The molecule has 0 aliphatic carbocycles. The molecule has 2 aromatic rings. The van der Waals surface area contributed by atoms with Gasteiger partial charge >= 0.3 is 5.97 Å². The van der Waals surface area contributed by atoms with E-state index in [0.717, 1.165) is 14.9 Å². The molecule has 0 N–H and O–H groups in total. The first kappa shape index (κ1) is 16.8. The number of rotatable bonds is 6. The van der Waals surface area contributed by atoms with Crippen LogP contribution < -0.4 is 4.74 Å². The molecule has 116 valence electrons. The van der Waals surface area contributed by atoms with Crippen molar-refractivity contribution in [3.05, 3.63) is 52.3 Å². The van der Waals surface area contributed by atoms with E-state index in [1.54, 1.807) is 38.2 Å². The molecule has 1 heterocycles. The number of nitrogens with zero attached hydrogens (tertiary/aromatic N) is 1. The van der Waals surface area contributed by atoms with Gasteiger partial charge in [-0.3, -0.25) is 4.98 Å². The van der Waals surface area contributed by atoms with E-state index in [2.05, 4.69) is 20.9 Å². The minimum absolute atomic E-state index is 0.323. The predicted octanol–water partition coefficient (Wildman–Crippen LogP) is 4.32. The maximum Gasteiger partial charge on any atom is 0.342 e. The minimum atomic E-state index is -0.373. The number of benzene rings is 1. The third-order valence-electron chi connectivity index (χ3n) is 2.91. The molecule has 0 radical (unpaired) electrons. The molecule has 2 rings (SSSR count). The van der Waals surface area contributed by atoms with Gasteiger partial charge in [0.25, 0.3) is 0 Å². The van der Waals surface area contributed by atoms with Crippen molar-refractivity contribution >= 4 is 33.7 Å². The molecule has 22 heavy (non-hydrogen) atoms. The summed E-state index contributed by atoms with van der Waals surface area (Å²) in [5, 5.41) is 0. The number of thioether (sulfide) groups is 1. The molecular weight excluding hydrogens is 366 g/mol. The molecule has 0 spiro atoms. The Kier molecular flexibility index (Phi) is 6.27. The van der Waals surface area contributed by atoms with Gasteiger partial charge in [-0.05, 0) is 46.6 Å². The van der Waals surface area contributed by atoms with Crippen molar-refractivity contribution in [2.45, 2.75) is 17.6 Å². The number of ether oxygens (including phenoxy) is 2. The second kappa shape index (κ2) is 8.19. The summed E-state index contributed by atoms with van der Waals surface area (Å²) in [4.78, 5) is 17.4. The average Bonchev–Trinajstić information content (AvgIpc) is 2.54. The summed E-state index contributed by atoms with van der Waals surface area (Å²) < 4.78 is 11.3. The summed E-state index contributed by atoms with van der Waals surface area (Å²) in [6, 6.07) is 7.65. The molecule has 4 nitrogen and oxygen atoms in total. The summed E-state index contributed by atoms with van der Waals surface area (Å²) in [5.74, 6) is 0.758. The number of carbonyl (C=O) groups excluding carboxylic acids is 1. The Hall–Kier alpha value is -1.53. The highest BCUT2D eigenvalue weighted by molar-refractivity contribution is 9.10. The van der Waals surface area contributed by atoms with Crippen LogP contribution in [0.15, 0.2) is 46.0 Å². The van der Waals surface area contributed by atoms with Crippen molar-refractivity contribution in [1.82, 2.24) is 4.98 Å². The number of methoxy groups -OCH3 is 1. The van der Waals surface area contributed by atoms with Gasteiger partial charge in [0.2, 0.25) is 0 Å². The highest BCUT2D eigenvalue weighted by Gasteiger charge is 2.21. The Morgan fingerprint density at radius 2 is 2.18 bits per heavy atom. The van der Waals surface area contributed by atoms with Gasteiger partial charge in [0, 0.05) is 23.0 Å². The lowest BCUT2D eigenvalue weighted by atomic mass is 10.1. The molecule has 6 heteroatoms. The van der Waals surface area contributed by atoms with Crippen molar-refractivity contribution in [3.8, 4) is 5.75 Å². The standard InChI is InChI=1S/C16H16BrNO3S/c1-3-21-16(19)14-11(6-7-13(17)15(14)20-2)10-22-12-5-4-8-18-9-12/h4-9H,3,10H2,1-2H3. The molecule has 0 amide bonds. The van der Waals surface area contributed by atoms with Crippen LogP contribution in [0.3, 0.4) is 0 Å². The minimum Gasteiger partial charge on any atom is -0.495 e. The Morgan fingerprint density at radius 3 is 2.82 bits per heavy atom. The summed E-state index contributed by atoms with van der Waals surface area (Å²) in [6.45, 7) is 2.11. The van der Waals surface area contributed by atoms with E-state index in [1.165, 1.54) is 0 Å². The SMILES string of the molecule is CCOC(=O)c1c(CSc2cccnc2)ccc(Br)c1OC. The number of aromatic nitrogens is 1. The second-order valence-corrected chi connectivity index (χ2v) is 6.22. The van der Waals surface area contributed by atoms with E-state index in [0.29, 0.717) is 23.7 Å². The molecule has 0 unspecified atom stereocenters. The van der Waals surface area contributed by atoms with Crippen molar-refractivity contribution in [2.75, 3.05) is 13.7 Å². The molecular formula is C16H16BrNO3S. The zero-order valence-electron chi connectivity index (χ0n) is 12.3. The van der Waals surface area contributed by atoms with E-state index < -0.39 is 0 Å². The van der Waals surface area contributed by atoms with Crippen LogP contribution in [-0.2, 0) is 10.5 Å². The van der Waals surface area contributed by atoms with E-state index in [4.69, 9.17) is 9.47 Å². The summed E-state index contributed by atoms with van der Waals surface area (Å²) in [7, 11) is 1.54. The van der Waals surface area contributed by atoms with Crippen LogP contribution in [0.5, 0.6) is 5.75 Å². The van der Waals surface area contributed by atoms with Gasteiger partial charge in [0.15, 0.2) is 0 Å². The maximum absolute atomic E-state index is 12.3. The molecule has 0 aliphatic heterocycles. The van der Waals surface area contributed by atoms with Crippen LogP contribution in [0.4, 0.5) is 0 Å². The molecule has 0 fully saturated rings. The van der Waals surface area contributed by atoms with Gasteiger partial charge in [-0.1, -0.05) is 6.07 Å². The van der Waals surface area contributed by atoms with Gasteiger partial charge in [-0.2, -0.15) is 0 Å². The largest absolute Gasteiger partial charge is 0.495 e. The van der Waals surface area contributed by atoms with E-state index in [-0.39, 0.29) is 5.97 Å². The van der Waals surface area contributed by atoms with Crippen molar-refractivity contribution < 1.29 is 14.3 Å². The molecule has 1 aromatic heterocycles. The fraction of sp³-hybridized carbons (Fsp3) is 0.250. The first-order chi connectivity index (χ1) is 10.7. The Labute approximate surface area is 142 Å². The lowest BCUT2D eigenvalue weighted by Crippen LogP contribution is -2.10. The fourth-order valence-electron chi connectivity index (χ4n) is 1.94. The highest BCUT2D eigenvalue weighted by atomic mass is 79.9. The van der Waals surface area contributed by atoms with Crippen molar-refractivity contribution in [1.29, 1.82) is 0 Å². The molecule has 1 aromatic carbocycles. The number of esters is 1. The van der Waals surface area contributed by atoms with E-state index in [9.17, 15) is 4.79 Å². The first-order valence-corrected chi connectivity index (χ1v) is 8.50. The summed E-state index contributed by atoms with van der Waals surface area (Å²) in [6.07, 6.45) is 3.53. The predicted molar refractivity (Wildman–Crippen MR) is 90.4 cm³/mol. The number of hydrogen-bond donors (Lipinski definition) is 0. The maximum atomic E-state index is 12.3. The molecule has 0 aliphatic rings. The van der Waals surface area contributed by atoms with Crippen molar-refractivity contribution in [2.24, 2.45) is 0 Å². The van der Waals surface area contributed by atoms with Crippen LogP contribution in [0.2, 0.25) is 0 Å². The van der Waals surface area contributed by atoms with Crippen LogP contribution in [0, 0.1) is 0 Å². The average molecular weight is 382 g/mol. The van der Waals surface area contributed by atoms with Crippen LogP contribution >= 0.6 is 27.7 Å². The summed E-state index contributed by atoms with van der Waals surface area (Å²) >= 11 is 5.01. The Morgan fingerprint density at radius 1 is 1.36 bits per heavy atom. The number of hydrogen-bond acceptors (Lipinski definition) is 5. The van der Waals surface area contributed by atoms with Gasteiger partial charge in [0.05, 0.1) is 18.2 Å². The van der Waals surface area contributed by atoms with Crippen LogP contribution in [0.25, 0.3) is 0 Å². The quantitative estimate of drug-likeness (QED) is 0.550. The third kappa shape index (κ3) is 4.01. The number of carbonyl (C=O) groups is 1. The van der Waals surface area contributed by atoms with Crippen LogP contribution in [0.1, 0.15) is 22.8 Å². The van der Waals surface area contributed by atoms with Gasteiger partial charge in [-0.15, -0.1) is 11.8 Å². The van der Waals surface area contributed by atoms with Gasteiger partial charge < -0.3 is 9.47 Å². The Balaban J connectivity index is 2.31. The van der Waals surface area contributed by atoms with Crippen molar-refractivity contribution in [3.63, 3.8) is 0 Å². The number of pyridine rings is 1. The first-order valence-electron chi connectivity index (χ1n) is 6.72. The zero-order valence-corrected chi connectivity index (χ0v) is 14.7. The second-order valence-electron chi connectivity index (χ2n) is 4.31. The molecule has 0 saturated heterocycles.